The maximum absolute atomic E-state index is 13.5. The third-order valence-electron chi connectivity index (χ3n) is 8.32. The summed E-state index contributed by atoms with van der Waals surface area (Å²) in [5.74, 6) is -4.53. The maximum Gasteiger partial charge on any atom is 0.522 e. The summed E-state index contributed by atoms with van der Waals surface area (Å²) in [5.41, 5.74) is 0. The summed E-state index contributed by atoms with van der Waals surface area (Å²) in [6.07, 6.45) is 2.01. The van der Waals surface area contributed by atoms with Crippen LogP contribution in [0.25, 0.3) is 0 Å². The van der Waals surface area contributed by atoms with Gasteiger partial charge in [-0.3, -0.25) is 28.7 Å². The molecule has 4 amide bonds. The van der Waals surface area contributed by atoms with E-state index in [0.29, 0.717) is 19.4 Å². The minimum absolute atomic E-state index is 0.0144. The molecule has 0 spiro atoms. The van der Waals surface area contributed by atoms with Crippen LogP contribution in [0.3, 0.4) is 0 Å². The second kappa shape index (κ2) is 12.0. The van der Waals surface area contributed by atoms with E-state index in [1.54, 1.807) is 0 Å². The third kappa shape index (κ3) is 6.83. The summed E-state index contributed by atoms with van der Waals surface area (Å²) in [6.45, 7) is -0.728. The van der Waals surface area contributed by atoms with Gasteiger partial charge < -0.3 is 20.9 Å². The largest absolute Gasteiger partial charge is 0.522 e. The molecular weight excluding hydrogens is 509 g/mol. The Bertz CT molecular complexity index is 939. The van der Waals surface area contributed by atoms with E-state index < -0.39 is 54.5 Å². The lowest BCUT2D eigenvalue weighted by molar-refractivity contribution is -0.321. The van der Waals surface area contributed by atoms with Gasteiger partial charge in [-0.2, -0.15) is 0 Å². The monoisotopic (exact) mass is 544 g/mol. The lowest BCUT2D eigenvalue weighted by atomic mass is 9.92. The van der Waals surface area contributed by atoms with Crippen LogP contribution >= 0.6 is 0 Å². The van der Waals surface area contributed by atoms with Crippen LogP contribution < -0.4 is 16.0 Å². The number of likely N-dealkylation sites (tertiary alicyclic amines) is 1. The number of carbonyl (C=O) groups is 5. The highest BCUT2D eigenvalue weighted by Gasteiger charge is 2.51. The number of halogens is 3. The molecule has 2 heterocycles. The van der Waals surface area contributed by atoms with Gasteiger partial charge in [-0.1, -0.05) is 25.7 Å². The molecule has 2 aliphatic heterocycles. The molecule has 38 heavy (non-hydrogen) atoms. The average Bonchev–Trinajstić information content (AvgIpc) is 3.58. The highest BCUT2D eigenvalue weighted by atomic mass is 19.4. The first kappa shape index (κ1) is 28.3. The molecular formula is C25H35F3N4O6. The molecule has 4 unspecified atom stereocenters. The van der Waals surface area contributed by atoms with Crippen LogP contribution in [-0.4, -0.2) is 78.5 Å². The number of ketones is 1. The second-order valence-electron chi connectivity index (χ2n) is 10.8. The van der Waals surface area contributed by atoms with E-state index in [1.165, 1.54) is 4.90 Å². The maximum atomic E-state index is 13.5. The van der Waals surface area contributed by atoms with E-state index in [0.717, 1.165) is 44.9 Å². The Morgan fingerprint density at radius 2 is 1.76 bits per heavy atom. The quantitative estimate of drug-likeness (QED) is 0.393. The van der Waals surface area contributed by atoms with E-state index in [4.69, 9.17) is 0 Å². The molecule has 212 valence electrons. The molecule has 3 N–H and O–H groups in total. The van der Waals surface area contributed by atoms with Crippen molar-refractivity contribution < 1.29 is 41.9 Å². The van der Waals surface area contributed by atoms with Gasteiger partial charge in [0.1, 0.15) is 12.6 Å². The van der Waals surface area contributed by atoms with Gasteiger partial charge in [0.05, 0.1) is 6.04 Å². The Kier molecular flexibility index (Phi) is 8.94. The van der Waals surface area contributed by atoms with Crippen molar-refractivity contribution in [3.05, 3.63) is 0 Å². The Morgan fingerprint density at radius 3 is 2.42 bits per heavy atom. The van der Waals surface area contributed by atoms with Crippen molar-refractivity contribution in [3.63, 3.8) is 0 Å². The fourth-order valence-corrected chi connectivity index (χ4v) is 6.41. The molecule has 13 heteroatoms. The molecule has 0 radical (unpaired) electrons. The van der Waals surface area contributed by atoms with E-state index in [2.05, 4.69) is 20.7 Å². The molecule has 5 atom stereocenters. The second-order valence-corrected chi connectivity index (χ2v) is 10.8. The predicted octanol–water partition coefficient (Wildman–Crippen LogP) is 1.18. The molecule has 0 aromatic carbocycles. The van der Waals surface area contributed by atoms with Gasteiger partial charge in [0.25, 0.3) is 0 Å². The van der Waals surface area contributed by atoms with Gasteiger partial charge in [0.15, 0.2) is 5.78 Å². The molecule has 4 aliphatic rings. The molecule has 0 aromatic heterocycles. The van der Waals surface area contributed by atoms with E-state index in [1.807, 2.05) is 0 Å². The van der Waals surface area contributed by atoms with Crippen molar-refractivity contribution in [1.82, 2.24) is 20.9 Å². The van der Waals surface area contributed by atoms with Gasteiger partial charge >= 0.3 is 18.2 Å². The van der Waals surface area contributed by atoms with Crippen molar-refractivity contribution in [1.29, 1.82) is 0 Å². The van der Waals surface area contributed by atoms with Gasteiger partial charge in [-0.05, 0) is 50.4 Å². The van der Waals surface area contributed by atoms with Crippen molar-refractivity contribution >= 4 is 29.4 Å². The zero-order valence-corrected chi connectivity index (χ0v) is 21.2. The highest BCUT2D eigenvalue weighted by molar-refractivity contribution is 6.35. The average molecular weight is 545 g/mol. The minimum atomic E-state index is -5.04. The van der Waals surface area contributed by atoms with E-state index in [-0.39, 0.29) is 36.8 Å². The summed E-state index contributed by atoms with van der Waals surface area (Å²) >= 11 is 0. The van der Waals surface area contributed by atoms with Crippen LogP contribution in [0.1, 0.15) is 64.2 Å². The number of fused-ring (bicyclic) bond motifs is 1. The molecule has 0 bridgehead atoms. The Balaban J connectivity index is 1.47. The van der Waals surface area contributed by atoms with Crippen LogP contribution in [0.5, 0.6) is 0 Å². The number of Topliss-reactive ketones (excluding diaryl/α,β-unsaturated/α-hetero) is 1. The molecule has 2 saturated heterocycles. The van der Waals surface area contributed by atoms with Gasteiger partial charge in [-0.25, -0.2) is 0 Å². The fourth-order valence-electron chi connectivity index (χ4n) is 6.41. The Morgan fingerprint density at radius 1 is 1.03 bits per heavy atom. The van der Waals surface area contributed by atoms with Crippen LogP contribution in [0.4, 0.5) is 13.2 Å². The SMILES string of the molecule is O=C(NC1CCCCC1)C(=O)N1CC2CCCC2[C@H]1C(=O)NC(CC1CCNC1=O)C(=O)COC(F)(F)F. The molecule has 4 fully saturated rings. The first-order valence-electron chi connectivity index (χ1n) is 13.5. The van der Waals surface area contributed by atoms with Crippen LogP contribution in [0.2, 0.25) is 0 Å². The number of alkyl halides is 3. The number of hydrogen-bond donors (Lipinski definition) is 3. The van der Waals surface area contributed by atoms with Crippen molar-refractivity contribution in [2.45, 2.75) is 88.7 Å². The number of amides is 4. The zero-order chi connectivity index (χ0) is 27.4. The third-order valence-corrected chi connectivity index (χ3v) is 8.32. The predicted molar refractivity (Wildman–Crippen MR) is 126 cm³/mol. The molecule has 0 aromatic rings. The summed E-state index contributed by atoms with van der Waals surface area (Å²) in [6, 6.07) is -2.53. The normalized spacial score (nSPS) is 28.5. The van der Waals surface area contributed by atoms with Gasteiger partial charge in [-0.15, -0.1) is 13.2 Å². The standard InChI is InChI=1S/C25H35F3N4O6/c26-25(27,28)38-13-19(33)18(11-14-9-10-29-21(14)34)31-22(35)20-17-8-4-5-15(17)12-32(20)24(37)23(36)30-16-6-2-1-3-7-16/h14-18,20H,1-13H2,(H,29,34)(H,30,36)(H,31,35)/t14?,15?,17?,18?,20-/m0/s1. The summed E-state index contributed by atoms with van der Waals surface area (Å²) in [7, 11) is 0. The lowest BCUT2D eigenvalue weighted by Crippen LogP contribution is -2.56. The smallest absolute Gasteiger partial charge is 0.356 e. The first-order valence-corrected chi connectivity index (χ1v) is 13.5. The zero-order valence-electron chi connectivity index (χ0n) is 21.2. The fraction of sp³-hybridized carbons (Fsp3) is 0.800. The highest BCUT2D eigenvalue weighted by Crippen LogP contribution is 2.42. The number of carbonyl (C=O) groups excluding carboxylic acids is 5. The van der Waals surface area contributed by atoms with E-state index in [9.17, 15) is 37.1 Å². The van der Waals surface area contributed by atoms with Crippen molar-refractivity contribution in [2.75, 3.05) is 19.7 Å². The summed E-state index contributed by atoms with van der Waals surface area (Å²) < 4.78 is 41.4. The topological polar surface area (TPSA) is 134 Å². The summed E-state index contributed by atoms with van der Waals surface area (Å²) in [5, 5.41) is 7.90. The summed E-state index contributed by atoms with van der Waals surface area (Å²) in [4.78, 5) is 65.5. The first-order chi connectivity index (χ1) is 18.0. The minimum Gasteiger partial charge on any atom is -0.356 e. The Labute approximate surface area is 218 Å². The number of nitrogens with zero attached hydrogens (tertiary/aromatic N) is 1. The molecule has 10 nitrogen and oxygen atoms in total. The number of rotatable bonds is 8. The lowest BCUT2D eigenvalue weighted by Gasteiger charge is -2.30. The van der Waals surface area contributed by atoms with Crippen LogP contribution in [-0.2, 0) is 28.7 Å². The molecule has 4 rings (SSSR count). The number of hydrogen-bond acceptors (Lipinski definition) is 6. The Hall–Kier alpha value is -2.70. The van der Waals surface area contributed by atoms with Gasteiger partial charge in [0.2, 0.25) is 11.8 Å². The molecule has 2 saturated carbocycles. The van der Waals surface area contributed by atoms with Crippen LogP contribution in [0, 0.1) is 17.8 Å². The van der Waals surface area contributed by atoms with Crippen molar-refractivity contribution in [3.8, 4) is 0 Å². The molecule has 2 aliphatic carbocycles. The number of nitrogens with one attached hydrogen (secondary N) is 3. The van der Waals surface area contributed by atoms with E-state index >= 15 is 0 Å². The van der Waals surface area contributed by atoms with Crippen LogP contribution in [0.15, 0.2) is 0 Å². The van der Waals surface area contributed by atoms with Crippen molar-refractivity contribution in [2.24, 2.45) is 17.8 Å². The number of ether oxygens (including phenoxy) is 1. The van der Waals surface area contributed by atoms with Gasteiger partial charge in [0, 0.05) is 25.0 Å².